The van der Waals surface area contributed by atoms with E-state index in [9.17, 15) is 35.9 Å². The number of rotatable bonds is 10. The van der Waals surface area contributed by atoms with Crippen LogP contribution in [-0.2, 0) is 5.41 Å². The summed E-state index contributed by atoms with van der Waals surface area (Å²) in [5.41, 5.74) is -9.34. The van der Waals surface area contributed by atoms with E-state index in [-0.39, 0.29) is 46.9 Å². The third kappa shape index (κ3) is 6.26. The van der Waals surface area contributed by atoms with Gasteiger partial charge in [0.2, 0.25) is 0 Å². The van der Waals surface area contributed by atoms with Gasteiger partial charge in [0.05, 0.1) is 11.1 Å². The van der Waals surface area contributed by atoms with Crippen molar-refractivity contribution >= 4 is 11.9 Å². The fourth-order valence-corrected chi connectivity index (χ4v) is 4.66. The predicted octanol–water partition coefficient (Wildman–Crippen LogP) is 9.35. The van der Waals surface area contributed by atoms with Gasteiger partial charge in [0, 0.05) is 0 Å². The van der Waals surface area contributed by atoms with Gasteiger partial charge in [0.1, 0.15) is 23.0 Å². The van der Waals surface area contributed by atoms with Crippen LogP contribution in [0.25, 0.3) is 0 Å². The van der Waals surface area contributed by atoms with Crippen molar-refractivity contribution in [1.29, 1.82) is 0 Å². The van der Waals surface area contributed by atoms with Gasteiger partial charge in [-0.15, -0.1) is 0 Å². The lowest BCUT2D eigenvalue weighted by atomic mass is 9.64. The molecule has 0 saturated heterocycles. The molecule has 4 aromatic rings. The predicted molar refractivity (Wildman–Crippen MR) is 143 cm³/mol. The summed E-state index contributed by atoms with van der Waals surface area (Å²) in [6.07, 6.45) is -13.9. The Hall–Kier alpha value is -5.28. The van der Waals surface area contributed by atoms with Crippen LogP contribution in [0.5, 0.6) is 23.0 Å². The summed E-state index contributed by atoms with van der Waals surface area (Å²) in [6.45, 7) is 0. The summed E-state index contributed by atoms with van der Waals surface area (Å²) < 4.78 is 156. The molecule has 0 atom stereocenters. The fourth-order valence-electron chi connectivity index (χ4n) is 4.66. The molecule has 0 unspecified atom stereocenters. The topological polar surface area (TPSA) is 93.1 Å². The second-order valence-corrected chi connectivity index (χ2v) is 9.81. The van der Waals surface area contributed by atoms with Crippen LogP contribution in [0.2, 0.25) is 0 Å². The molecular formula is C31H18F10O6. The zero-order valence-corrected chi connectivity index (χ0v) is 23.0. The van der Waals surface area contributed by atoms with Crippen molar-refractivity contribution in [2.24, 2.45) is 0 Å². The van der Waals surface area contributed by atoms with E-state index in [2.05, 4.69) is 0 Å². The number of carboxylic acids is 2. The van der Waals surface area contributed by atoms with Gasteiger partial charge < -0.3 is 19.7 Å². The minimum Gasteiger partial charge on any atom is -0.478 e. The Morgan fingerprint density at radius 3 is 0.872 bits per heavy atom. The number of ether oxygens (including phenoxy) is 2. The number of hydrogen-bond donors (Lipinski definition) is 2. The first-order valence-corrected chi connectivity index (χ1v) is 12.8. The molecule has 0 spiro atoms. The molecule has 0 heterocycles. The highest BCUT2D eigenvalue weighted by atomic mass is 19.4. The number of carboxylic acid groups (broad SMARTS) is 2. The summed E-state index contributed by atoms with van der Waals surface area (Å²) >= 11 is 0. The van der Waals surface area contributed by atoms with E-state index < -0.39 is 64.2 Å². The van der Waals surface area contributed by atoms with Gasteiger partial charge in [-0.05, 0) is 83.9 Å². The smallest absolute Gasteiger partial charge is 0.454 e. The molecule has 2 N–H and O–H groups in total. The van der Waals surface area contributed by atoms with E-state index in [1.165, 1.54) is 0 Å². The largest absolute Gasteiger partial charge is 0.478 e. The Bertz CT molecular complexity index is 1600. The van der Waals surface area contributed by atoms with Gasteiger partial charge in [-0.3, -0.25) is 0 Å². The van der Waals surface area contributed by atoms with Crippen LogP contribution in [-0.4, -0.2) is 46.3 Å². The van der Waals surface area contributed by atoms with Crippen molar-refractivity contribution in [2.45, 2.75) is 29.6 Å². The van der Waals surface area contributed by atoms with E-state index >= 15 is 17.6 Å². The number of benzene rings is 4. The van der Waals surface area contributed by atoms with Crippen LogP contribution >= 0.6 is 0 Å². The second-order valence-electron chi connectivity index (χ2n) is 9.81. The van der Waals surface area contributed by atoms with Gasteiger partial charge in [-0.1, -0.05) is 24.3 Å². The van der Waals surface area contributed by atoms with Crippen LogP contribution in [0.4, 0.5) is 43.9 Å². The molecule has 4 rings (SSSR count). The highest BCUT2D eigenvalue weighted by molar-refractivity contribution is 5.88. The van der Waals surface area contributed by atoms with E-state index in [4.69, 9.17) is 19.7 Å². The van der Waals surface area contributed by atoms with Crippen LogP contribution < -0.4 is 9.47 Å². The maximum Gasteiger partial charge on any atom is 0.454 e. The van der Waals surface area contributed by atoms with E-state index in [1.54, 1.807) is 0 Å². The van der Waals surface area contributed by atoms with Crippen LogP contribution in [0, 0.1) is 0 Å². The van der Waals surface area contributed by atoms with Crippen molar-refractivity contribution in [3.8, 4) is 23.0 Å². The average molecular weight is 676 g/mol. The fraction of sp³-hybridized carbons (Fsp3) is 0.161. The van der Waals surface area contributed by atoms with Crippen molar-refractivity contribution in [3.05, 3.63) is 119 Å². The average Bonchev–Trinajstić information content (AvgIpc) is 2.98. The van der Waals surface area contributed by atoms with Gasteiger partial charge in [0.15, 0.2) is 5.41 Å². The quantitative estimate of drug-likeness (QED) is 0.163. The molecule has 0 aromatic heterocycles. The normalized spacial score (nSPS) is 12.8. The third-order valence-corrected chi connectivity index (χ3v) is 6.90. The molecule has 0 bridgehead atoms. The maximum atomic E-state index is 15.5. The minimum absolute atomic E-state index is 0.0940. The Morgan fingerprint density at radius 2 is 0.660 bits per heavy atom. The summed E-state index contributed by atoms with van der Waals surface area (Å²) in [4.78, 5) is 22.0. The SMILES string of the molecule is O=C(O)c1ccc(Oc2ccc(C(c3ccc(Oc4ccc(C(=O)O)cc4)cc3)(C(F)(F)C(F)(F)F)C(F)(F)C(F)(F)F)cc2)cc1. The molecule has 0 fully saturated rings. The minimum atomic E-state index is -6.94. The Labute approximate surface area is 257 Å². The zero-order chi connectivity index (χ0) is 35.0. The van der Waals surface area contributed by atoms with Crippen molar-refractivity contribution < 1.29 is 73.2 Å². The standard InChI is InChI=1S/C31H18F10O6/c32-28(33,30(36,37)38)27(29(34,35)31(39,40)41,19-5-13-23(14-6-19)46-21-9-1-17(2-10-21)25(42)43)20-7-15-24(16-8-20)47-22-11-3-18(4-12-22)26(44)45/h1-16H,(H,42,43)(H,44,45). The molecular weight excluding hydrogens is 658 g/mol. The number of aromatic carboxylic acids is 2. The molecule has 0 saturated carbocycles. The van der Waals surface area contributed by atoms with Crippen molar-refractivity contribution in [2.75, 3.05) is 0 Å². The lowest BCUT2D eigenvalue weighted by Gasteiger charge is -2.46. The summed E-state index contributed by atoms with van der Waals surface area (Å²) in [5, 5.41) is 17.9. The highest BCUT2D eigenvalue weighted by Crippen LogP contribution is 2.64. The highest BCUT2D eigenvalue weighted by Gasteiger charge is 2.85. The third-order valence-electron chi connectivity index (χ3n) is 6.90. The van der Waals surface area contributed by atoms with Gasteiger partial charge in [-0.2, -0.15) is 43.9 Å². The molecule has 4 aromatic carbocycles. The molecule has 0 amide bonds. The van der Waals surface area contributed by atoms with Gasteiger partial charge in [0.25, 0.3) is 0 Å². The molecule has 0 aliphatic carbocycles. The molecule has 0 aliphatic heterocycles. The van der Waals surface area contributed by atoms with Gasteiger partial charge >= 0.3 is 36.1 Å². The summed E-state index contributed by atoms with van der Waals surface area (Å²) in [6, 6.07) is 12.0. The monoisotopic (exact) mass is 676 g/mol. The molecule has 0 radical (unpaired) electrons. The van der Waals surface area contributed by atoms with Crippen LogP contribution in [0.1, 0.15) is 31.8 Å². The lowest BCUT2D eigenvalue weighted by molar-refractivity contribution is -0.375. The van der Waals surface area contributed by atoms with Gasteiger partial charge in [-0.25, -0.2) is 9.59 Å². The van der Waals surface area contributed by atoms with Crippen LogP contribution in [0.3, 0.4) is 0 Å². The summed E-state index contributed by atoms with van der Waals surface area (Å²) in [5.74, 6) is -17.1. The Balaban J connectivity index is 1.86. The number of carbonyl (C=O) groups is 2. The van der Waals surface area contributed by atoms with Crippen molar-refractivity contribution in [3.63, 3.8) is 0 Å². The molecule has 6 nitrogen and oxygen atoms in total. The first-order valence-electron chi connectivity index (χ1n) is 12.8. The molecule has 0 aliphatic rings. The molecule has 248 valence electrons. The lowest BCUT2D eigenvalue weighted by Crippen LogP contribution is -2.68. The van der Waals surface area contributed by atoms with E-state index in [1.807, 2.05) is 0 Å². The maximum absolute atomic E-state index is 15.5. The summed E-state index contributed by atoms with van der Waals surface area (Å²) in [7, 11) is 0. The van der Waals surface area contributed by atoms with Crippen LogP contribution in [0.15, 0.2) is 97.1 Å². The Kier molecular flexibility index (Phi) is 8.94. The number of halogens is 10. The van der Waals surface area contributed by atoms with E-state index in [0.29, 0.717) is 24.3 Å². The first-order chi connectivity index (χ1) is 21.7. The first kappa shape index (κ1) is 34.6. The number of hydrogen-bond acceptors (Lipinski definition) is 4. The molecule has 16 heteroatoms. The van der Waals surface area contributed by atoms with Crippen molar-refractivity contribution in [1.82, 2.24) is 0 Å². The van der Waals surface area contributed by atoms with E-state index in [0.717, 1.165) is 48.5 Å². The number of alkyl halides is 10. The Morgan fingerprint density at radius 1 is 0.426 bits per heavy atom. The zero-order valence-electron chi connectivity index (χ0n) is 23.0. The molecule has 47 heavy (non-hydrogen) atoms. The second kappa shape index (κ2) is 12.1.